The summed E-state index contributed by atoms with van der Waals surface area (Å²) in [5.41, 5.74) is 2.23. The summed E-state index contributed by atoms with van der Waals surface area (Å²) in [5.74, 6) is 0. The number of hydrogen-bond donors (Lipinski definition) is 0. The number of halogens is 1. The topological polar surface area (TPSA) is 14.1 Å². The highest BCUT2D eigenvalue weighted by molar-refractivity contribution is 9.10. The van der Waals surface area contributed by atoms with E-state index in [1.807, 2.05) is 42.5 Å². The highest BCUT2D eigenvalue weighted by Crippen LogP contribution is 2.21. The van der Waals surface area contributed by atoms with Crippen molar-refractivity contribution in [2.75, 3.05) is 0 Å². The van der Waals surface area contributed by atoms with Crippen molar-refractivity contribution in [3.8, 4) is 0 Å². The van der Waals surface area contributed by atoms with E-state index >= 15 is 0 Å². The second-order valence-electron chi connectivity index (χ2n) is 3.25. The molecule has 0 heterocycles. The fraction of sp³-hybridized carbons (Fsp3) is 0.0769. The second-order valence-corrected chi connectivity index (χ2v) is 4.11. The van der Waals surface area contributed by atoms with Crippen molar-refractivity contribution < 1.29 is 0 Å². The van der Waals surface area contributed by atoms with Crippen LogP contribution in [0.2, 0.25) is 0 Å². The first kappa shape index (κ1) is 10.2. The van der Waals surface area contributed by atoms with E-state index in [4.69, 9.17) is 0 Å². The Kier molecular flexibility index (Phi) is 3.41. The van der Waals surface area contributed by atoms with E-state index in [1.165, 1.54) is 5.56 Å². The Morgan fingerprint density at radius 2 is 1.53 bits per heavy atom. The van der Waals surface area contributed by atoms with Crippen molar-refractivity contribution in [2.45, 2.75) is 6.54 Å². The Morgan fingerprint density at radius 1 is 0.867 bits per heavy atom. The van der Waals surface area contributed by atoms with Crippen LogP contribution >= 0.6 is 15.9 Å². The van der Waals surface area contributed by atoms with Gasteiger partial charge in [0.05, 0.1) is 12.2 Å². The van der Waals surface area contributed by atoms with Gasteiger partial charge in [-0.15, -0.1) is 0 Å². The first-order valence-corrected chi connectivity index (χ1v) is 5.61. The van der Waals surface area contributed by atoms with Crippen molar-refractivity contribution in [3.05, 3.63) is 64.6 Å². The third kappa shape index (κ3) is 2.83. The molecule has 0 spiro atoms. The molecule has 1 nitrogen and oxygen atoms in total. The summed E-state index contributed by atoms with van der Waals surface area (Å²) < 4.78 is 1.04. The molecular weight excluding hydrogens is 250 g/mol. The third-order valence-corrected chi connectivity index (χ3v) is 2.80. The van der Waals surface area contributed by atoms with Crippen LogP contribution in [0.15, 0.2) is 59.1 Å². The zero-order valence-corrected chi connectivity index (χ0v) is 9.81. The molecule has 0 saturated carbocycles. The summed E-state index contributed by atoms with van der Waals surface area (Å²) in [6.07, 6.45) is 0. The molecule has 0 N–H and O–H groups in total. The van der Waals surface area contributed by atoms with Crippen LogP contribution < -0.4 is 5.32 Å². The summed E-state index contributed by atoms with van der Waals surface area (Å²) in [6, 6.07) is 18.2. The lowest BCUT2D eigenvalue weighted by Crippen LogP contribution is -1.98. The molecule has 0 aliphatic heterocycles. The van der Waals surface area contributed by atoms with Crippen molar-refractivity contribution >= 4 is 21.6 Å². The standard InChI is InChI=1S/C13H11BrN/c14-12-8-4-5-9-13(12)15-10-11-6-2-1-3-7-11/h1-9H,10H2. The van der Waals surface area contributed by atoms with E-state index in [0.717, 1.165) is 16.7 Å². The van der Waals surface area contributed by atoms with Gasteiger partial charge in [0.15, 0.2) is 0 Å². The van der Waals surface area contributed by atoms with Gasteiger partial charge in [0.25, 0.3) is 0 Å². The van der Waals surface area contributed by atoms with Gasteiger partial charge in [-0.25, -0.2) is 0 Å². The third-order valence-electron chi connectivity index (χ3n) is 2.13. The molecule has 1 radical (unpaired) electrons. The molecule has 2 aromatic carbocycles. The van der Waals surface area contributed by atoms with Crippen LogP contribution in [0.1, 0.15) is 5.56 Å². The average molecular weight is 261 g/mol. The SMILES string of the molecule is Brc1ccccc1[N]Cc1ccccc1. The monoisotopic (exact) mass is 260 g/mol. The van der Waals surface area contributed by atoms with Gasteiger partial charge < -0.3 is 0 Å². The van der Waals surface area contributed by atoms with Gasteiger partial charge in [-0.3, -0.25) is 5.32 Å². The first-order chi connectivity index (χ1) is 7.36. The molecule has 0 unspecified atom stereocenters. The number of para-hydroxylation sites is 1. The second kappa shape index (κ2) is 4.99. The highest BCUT2D eigenvalue weighted by Gasteiger charge is 1.98. The number of hydrogen-bond acceptors (Lipinski definition) is 0. The Bertz CT molecular complexity index is 426. The van der Waals surface area contributed by atoms with Gasteiger partial charge in [0, 0.05) is 4.47 Å². The molecule has 2 rings (SSSR count). The summed E-state index contributed by atoms with van der Waals surface area (Å²) in [5, 5.41) is 4.53. The van der Waals surface area contributed by atoms with Gasteiger partial charge in [-0.1, -0.05) is 42.5 Å². The lowest BCUT2D eigenvalue weighted by molar-refractivity contribution is 0.860. The van der Waals surface area contributed by atoms with Gasteiger partial charge in [0.2, 0.25) is 0 Å². The van der Waals surface area contributed by atoms with E-state index in [-0.39, 0.29) is 0 Å². The molecule has 0 aliphatic carbocycles. The molecule has 75 valence electrons. The van der Waals surface area contributed by atoms with Crippen molar-refractivity contribution in [2.24, 2.45) is 0 Å². The van der Waals surface area contributed by atoms with Crippen molar-refractivity contribution in [3.63, 3.8) is 0 Å². The molecule has 0 aromatic heterocycles. The summed E-state index contributed by atoms with van der Waals surface area (Å²) in [7, 11) is 0. The smallest absolute Gasteiger partial charge is 0.0720 e. The number of rotatable bonds is 3. The molecule has 0 saturated heterocycles. The van der Waals surface area contributed by atoms with E-state index in [0.29, 0.717) is 0 Å². The molecule has 0 amide bonds. The molecule has 2 heteroatoms. The predicted molar refractivity (Wildman–Crippen MR) is 66.1 cm³/mol. The maximum absolute atomic E-state index is 4.53. The normalized spacial score (nSPS) is 9.93. The van der Waals surface area contributed by atoms with Crippen LogP contribution in [-0.2, 0) is 6.54 Å². The van der Waals surface area contributed by atoms with E-state index in [2.05, 4.69) is 33.4 Å². The van der Waals surface area contributed by atoms with E-state index in [9.17, 15) is 0 Å². The van der Waals surface area contributed by atoms with Gasteiger partial charge in [-0.05, 0) is 33.6 Å². The molecule has 0 bridgehead atoms. The minimum atomic E-state index is 0.726. The van der Waals surface area contributed by atoms with Crippen molar-refractivity contribution in [1.82, 2.24) is 5.32 Å². The van der Waals surface area contributed by atoms with Crippen LogP contribution in [0, 0.1) is 0 Å². The lowest BCUT2D eigenvalue weighted by Gasteiger charge is -2.04. The zero-order valence-electron chi connectivity index (χ0n) is 8.23. The minimum absolute atomic E-state index is 0.726. The van der Waals surface area contributed by atoms with Crippen LogP contribution in [0.5, 0.6) is 0 Å². The Balaban J connectivity index is 2.03. The van der Waals surface area contributed by atoms with E-state index in [1.54, 1.807) is 0 Å². The predicted octanol–water partition coefficient (Wildman–Crippen LogP) is 3.89. The summed E-state index contributed by atoms with van der Waals surface area (Å²) in [6.45, 7) is 0.726. The summed E-state index contributed by atoms with van der Waals surface area (Å²) in [4.78, 5) is 0. The van der Waals surface area contributed by atoms with Gasteiger partial charge in [0.1, 0.15) is 0 Å². The van der Waals surface area contributed by atoms with Crippen LogP contribution in [-0.4, -0.2) is 0 Å². The maximum atomic E-state index is 4.53. The fourth-order valence-electron chi connectivity index (χ4n) is 1.34. The molecule has 0 atom stereocenters. The quantitative estimate of drug-likeness (QED) is 0.795. The largest absolute Gasteiger partial charge is 0.279 e. The molecule has 0 fully saturated rings. The first-order valence-electron chi connectivity index (χ1n) is 4.82. The minimum Gasteiger partial charge on any atom is -0.279 e. The zero-order chi connectivity index (χ0) is 10.5. The van der Waals surface area contributed by atoms with Crippen LogP contribution in [0.25, 0.3) is 0 Å². The fourth-order valence-corrected chi connectivity index (χ4v) is 1.75. The Labute approximate surface area is 98.3 Å². The highest BCUT2D eigenvalue weighted by atomic mass is 79.9. The van der Waals surface area contributed by atoms with Gasteiger partial charge in [-0.2, -0.15) is 0 Å². The van der Waals surface area contributed by atoms with Crippen molar-refractivity contribution in [1.29, 1.82) is 0 Å². The molecule has 0 aliphatic rings. The van der Waals surface area contributed by atoms with Crippen LogP contribution in [0.4, 0.5) is 5.69 Å². The Hall–Kier alpha value is -1.28. The Morgan fingerprint density at radius 3 is 2.27 bits per heavy atom. The van der Waals surface area contributed by atoms with Crippen LogP contribution in [0.3, 0.4) is 0 Å². The number of benzene rings is 2. The van der Waals surface area contributed by atoms with E-state index < -0.39 is 0 Å². The van der Waals surface area contributed by atoms with Gasteiger partial charge >= 0.3 is 0 Å². The average Bonchev–Trinajstić information content (AvgIpc) is 2.29. The summed E-state index contributed by atoms with van der Waals surface area (Å²) >= 11 is 3.48. The molecule has 2 aromatic rings. The molecule has 15 heavy (non-hydrogen) atoms. The lowest BCUT2D eigenvalue weighted by atomic mass is 10.2. The maximum Gasteiger partial charge on any atom is 0.0720 e. The number of nitrogens with zero attached hydrogens (tertiary/aromatic N) is 1. The molecular formula is C13H11BrN.